The Morgan fingerprint density at radius 1 is 0.758 bits per heavy atom. The number of hydrogen-bond acceptors (Lipinski definition) is 6. The van der Waals surface area contributed by atoms with Gasteiger partial charge in [-0.3, -0.25) is 19.5 Å². The molecule has 7 heteroatoms. The van der Waals surface area contributed by atoms with Crippen LogP contribution in [0.3, 0.4) is 0 Å². The molecule has 7 nitrogen and oxygen atoms in total. The van der Waals surface area contributed by atoms with Gasteiger partial charge in [0.15, 0.2) is 0 Å². The summed E-state index contributed by atoms with van der Waals surface area (Å²) in [6.45, 7) is 4.89. The lowest BCUT2D eigenvalue weighted by molar-refractivity contribution is -0.138. The van der Waals surface area contributed by atoms with Gasteiger partial charge in [0.25, 0.3) is 11.8 Å². The van der Waals surface area contributed by atoms with Crippen LogP contribution in [-0.4, -0.2) is 57.8 Å². The van der Waals surface area contributed by atoms with Crippen LogP contribution in [0.1, 0.15) is 16.8 Å². The van der Waals surface area contributed by atoms with Crippen molar-refractivity contribution in [1.82, 2.24) is 19.8 Å². The molecule has 33 heavy (non-hydrogen) atoms. The molecular weight excluding hydrogens is 414 g/mol. The molecule has 2 aliphatic heterocycles. The molecule has 0 radical (unpaired) electrons. The molecule has 0 saturated carbocycles. The number of hydrogen-bond donors (Lipinski definition) is 0. The number of nitrogens with zero attached hydrogens (tertiary/aromatic N) is 5. The van der Waals surface area contributed by atoms with Crippen LogP contribution in [0, 0.1) is 6.92 Å². The molecular formula is C26H25N5O2. The van der Waals surface area contributed by atoms with Gasteiger partial charge in [-0.1, -0.05) is 42.0 Å². The number of benzene rings is 1. The van der Waals surface area contributed by atoms with Gasteiger partial charge in [-0.05, 0) is 36.8 Å². The summed E-state index contributed by atoms with van der Waals surface area (Å²) in [4.78, 5) is 41.4. The zero-order chi connectivity index (χ0) is 22.8. The number of aryl methyl sites for hydroxylation is 1. The van der Waals surface area contributed by atoms with Gasteiger partial charge in [0.05, 0.1) is 17.8 Å². The van der Waals surface area contributed by atoms with E-state index in [-0.39, 0.29) is 18.4 Å². The van der Waals surface area contributed by atoms with Crippen LogP contribution in [-0.2, 0) is 16.1 Å². The Hall–Kier alpha value is -4.00. The van der Waals surface area contributed by atoms with Gasteiger partial charge < -0.3 is 9.80 Å². The standard InChI is InChI=1S/C26H25N5O2/c1-19-8-10-20(11-9-19)23-24(26(33)31(25(23)32)18-21-6-2-4-12-27-21)30-16-14-29(15-17-30)22-7-3-5-13-28-22/h2-13H,14-18H2,1H3. The summed E-state index contributed by atoms with van der Waals surface area (Å²) in [5.74, 6) is 0.402. The first kappa shape index (κ1) is 20.9. The molecule has 5 rings (SSSR count). The summed E-state index contributed by atoms with van der Waals surface area (Å²) in [6, 6.07) is 19.2. The molecule has 166 valence electrons. The van der Waals surface area contributed by atoms with E-state index in [0.29, 0.717) is 30.1 Å². The van der Waals surface area contributed by atoms with Crippen molar-refractivity contribution in [3.63, 3.8) is 0 Å². The van der Waals surface area contributed by atoms with Crippen molar-refractivity contribution in [2.45, 2.75) is 13.5 Å². The highest BCUT2D eigenvalue weighted by Crippen LogP contribution is 2.33. The highest BCUT2D eigenvalue weighted by Gasteiger charge is 2.42. The van der Waals surface area contributed by atoms with Gasteiger partial charge in [0.1, 0.15) is 11.5 Å². The molecule has 2 amide bonds. The maximum atomic E-state index is 13.6. The van der Waals surface area contributed by atoms with Crippen molar-refractivity contribution in [3.05, 3.63) is 95.6 Å². The smallest absolute Gasteiger partial charge is 0.278 e. The topological polar surface area (TPSA) is 69.6 Å². The summed E-state index contributed by atoms with van der Waals surface area (Å²) in [6.07, 6.45) is 3.46. The van der Waals surface area contributed by atoms with Crippen molar-refractivity contribution in [2.75, 3.05) is 31.1 Å². The Labute approximate surface area is 193 Å². The van der Waals surface area contributed by atoms with E-state index in [2.05, 4.69) is 14.9 Å². The Bertz CT molecular complexity index is 1180. The molecule has 2 aliphatic rings. The van der Waals surface area contributed by atoms with E-state index in [0.717, 1.165) is 30.0 Å². The van der Waals surface area contributed by atoms with Crippen molar-refractivity contribution >= 4 is 23.2 Å². The number of rotatable bonds is 5. The van der Waals surface area contributed by atoms with Crippen LogP contribution in [0.4, 0.5) is 5.82 Å². The molecule has 2 aromatic heterocycles. The number of piperazine rings is 1. The molecule has 4 heterocycles. The predicted octanol–water partition coefficient (Wildman–Crippen LogP) is 2.89. The average molecular weight is 440 g/mol. The van der Waals surface area contributed by atoms with Crippen molar-refractivity contribution < 1.29 is 9.59 Å². The van der Waals surface area contributed by atoms with E-state index in [1.54, 1.807) is 12.4 Å². The SMILES string of the molecule is Cc1ccc(C2=C(N3CCN(c4ccccn4)CC3)C(=O)N(Cc3ccccn3)C2=O)cc1. The number of pyridine rings is 2. The summed E-state index contributed by atoms with van der Waals surface area (Å²) in [5, 5.41) is 0. The monoisotopic (exact) mass is 439 g/mol. The van der Waals surface area contributed by atoms with Crippen LogP contribution in [0.25, 0.3) is 5.57 Å². The zero-order valence-electron chi connectivity index (χ0n) is 18.5. The van der Waals surface area contributed by atoms with Crippen LogP contribution in [0.2, 0.25) is 0 Å². The first-order chi connectivity index (χ1) is 16.1. The van der Waals surface area contributed by atoms with Gasteiger partial charge in [-0.15, -0.1) is 0 Å². The third-order valence-corrected chi connectivity index (χ3v) is 6.10. The zero-order valence-corrected chi connectivity index (χ0v) is 18.5. The Balaban J connectivity index is 1.45. The maximum absolute atomic E-state index is 13.6. The number of carbonyl (C=O) groups excluding carboxylic acids is 2. The minimum absolute atomic E-state index is 0.158. The lowest BCUT2D eigenvalue weighted by Crippen LogP contribution is -2.47. The molecule has 0 unspecified atom stereocenters. The van der Waals surface area contributed by atoms with E-state index in [1.165, 1.54) is 4.90 Å². The lowest BCUT2D eigenvalue weighted by atomic mass is 10.0. The van der Waals surface area contributed by atoms with Crippen molar-refractivity contribution in [1.29, 1.82) is 0 Å². The van der Waals surface area contributed by atoms with Gasteiger partial charge in [0.2, 0.25) is 0 Å². The first-order valence-corrected chi connectivity index (χ1v) is 11.1. The number of carbonyl (C=O) groups is 2. The third kappa shape index (κ3) is 4.09. The van der Waals surface area contributed by atoms with Crippen LogP contribution in [0.15, 0.2) is 78.8 Å². The van der Waals surface area contributed by atoms with Crippen molar-refractivity contribution in [2.24, 2.45) is 0 Å². The Morgan fingerprint density at radius 3 is 2.06 bits per heavy atom. The van der Waals surface area contributed by atoms with Crippen LogP contribution in [0.5, 0.6) is 0 Å². The third-order valence-electron chi connectivity index (χ3n) is 6.10. The molecule has 1 fully saturated rings. The van der Waals surface area contributed by atoms with Crippen LogP contribution >= 0.6 is 0 Å². The first-order valence-electron chi connectivity index (χ1n) is 11.1. The highest BCUT2D eigenvalue weighted by atomic mass is 16.2. The maximum Gasteiger partial charge on any atom is 0.278 e. The second-order valence-corrected chi connectivity index (χ2v) is 8.27. The Morgan fingerprint density at radius 2 is 1.42 bits per heavy atom. The Kier molecular flexibility index (Phi) is 5.60. The van der Waals surface area contributed by atoms with E-state index >= 15 is 0 Å². The number of aromatic nitrogens is 2. The second-order valence-electron chi connectivity index (χ2n) is 8.27. The van der Waals surface area contributed by atoms with Gasteiger partial charge in [0, 0.05) is 38.6 Å². The van der Waals surface area contributed by atoms with E-state index in [4.69, 9.17) is 0 Å². The normalized spacial score (nSPS) is 16.7. The molecule has 0 bridgehead atoms. The molecule has 0 N–H and O–H groups in total. The summed E-state index contributed by atoms with van der Waals surface area (Å²) in [5.41, 5.74) is 3.52. The predicted molar refractivity (Wildman–Crippen MR) is 126 cm³/mol. The number of anilines is 1. The molecule has 0 aliphatic carbocycles. The highest BCUT2D eigenvalue weighted by molar-refractivity contribution is 6.35. The molecule has 0 spiro atoms. The van der Waals surface area contributed by atoms with Crippen LogP contribution < -0.4 is 4.90 Å². The quantitative estimate of drug-likeness (QED) is 0.570. The minimum Gasteiger partial charge on any atom is -0.363 e. The number of amides is 2. The second kappa shape index (κ2) is 8.86. The van der Waals surface area contributed by atoms with Gasteiger partial charge in [-0.2, -0.15) is 0 Å². The van der Waals surface area contributed by atoms with Gasteiger partial charge >= 0.3 is 0 Å². The molecule has 0 atom stereocenters. The largest absolute Gasteiger partial charge is 0.363 e. The van der Waals surface area contributed by atoms with Gasteiger partial charge in [-0.25, -0.2) is 4.98 Å². The minimum atomic E-state index is -0.267. The molecule has 1 aromatic carbocycles. The van der Waals surface area contributed by atoms with Crippen molar-refractivity contribution in [3.8, 4) is 0 Å². The number of imide groups is 1. The summed E-state index contributed by atoms with van der Waals surface area (Å²) in [7, 11) is 0. The van der Waals surface area contributed by atoms with E-state index in [9.17, 15) is 9.59 Å². The summed E-state index contributed by atoms with van der Waals surface area (Å²) >= 11 is 0. The fraction of sp³-hybridized carbons (Fsp3) is 0.231. The summed E-state index contributed by atoms with van der Waals surface area (Å²) < 4.78 is 0. The molecule has 3 aromatic rings. The average Bonchev–Trinajstić information content (AvgIpc) is 3.11. The fourth-order valence-electron chi connectivity index (χ4n) is 4.33. The lowest BCUT2D eigenvalue weighted by Gasteiger charge is -2.37. The van der Waals surface area contributed by atoms with E-state index < -0.39 is 0 Å². The fourth-order valence-corrected chi connectivity index (χ4v) is 4.33. The van der Waals surface area contributed by atoms with E-state index in [1.807, 2.05) is 72.5 Å². The molecule has 1 saturated heterocycles.